The van der Waals surface area contributed by atoms with E-state index >= 15 is 0 Å². The minimum Gasteiger partial charge on any atom is -0.357 e. The van der Waals surface area contributed by atoms with Gasteiger partial charge in [-0.3, -0.25) is 0 Å². The largest absolute Gasteiger partial charge is 0.357 e. The molecule has 4 nitrogen and oxygen atoms in total. The monoisotopic (exact) mass is 254 g/mol. The van der Waals surface area contributed by atoms with Crippen LogP contribution in [0.2, 0.25) is 0 Å². The highest BCUT2D eigenvalue weighted by Crippen LogP contribution is 2.36. The van der Waals surface area contributed by atoms with Crippen LogP contribution in [0.15, 0.2) is 18.6 Å². The Morgan fingerprint density at radius 1 is 1.32 bits per heavy atom. The van der Waals surface area contributed by atoms with Gasteiger partial charge in [-0.2, -0.15) is 0 Å². The van der Waals surface area contributed by atoms with Crippen molar-refractivity contribution in [1.29, 1.82) is 0 Å². The highest BCUT2D eigenvalue weighted by Gasteiger charge is 2.24. The van der Waals surface area contributed by atoms with E-state index in [9.17, 15) is 0 Å². The lowest BCUT2D eigenvalue weighted by atomic mass is 10.1. The van der Waals surface area contributed by atoms with Crippen molar-refractivity contribution in [3.8, 4) is 0 Å². The molecule has 0 spiro atoms. The number of aryl methyl sites for hydroxylation is 1. The van der Waals surface area contributed by atoms with Gasteiger partial charge in [-0.15, -0.1) is 0 Å². The molecular weight excluding hydrogens is 236 g/mol. The summed E-state index contributed by atoms with van der Waals surface area (Å²) < 4.78 is 2.27. The summed E-state index contributed by atoms with van der Waals surface area (Å²) in [6.07, 6.45) is 7.73. The van der Waals surface area contributed by atoms with Crippen molar-refractivity contribution in [1.82, 2.24) is 19.5 Å². The number of nitrogens with zero attached hydrogens (tertiary/aromatic N) is 3. The van der Waals surface area contributed by atoms with E-state index in [0.29, 0.717) is 6.04 Å². The second-order valence-corrected chi connectivity index (χ2v) is 5.94. The molecular formula is C15H18N4. The van der Waals surface area contributed by atoms with E-state index < -0.39 is 0 Å². The zero-order chi connectivity index (χ0) is 13.0. The van der Waals surface area contributed by atoms with E-state index in [1.807, 2.05) is 12.5 Å². The molecule has 4 rings (SSSR count). The van der Waals surface area contributed by atoms with Crippen LogP contribution in [0.5, 0.6) is 0 Å². The molecule has 0 aliphatic heterocycles. The Labute approximate surface area is 111 Å². The highest BCUT2D eigenvalue weighted by molar-refractivity contribution is 6.00. The Kier molecular flexibility index (Phi) is 2.22. The Balaban J connectivity index is 1.91. The summed E-state index contributed by atoms with van der Waals surface area (Å²) in [5.41, 5.74) is 4.30. The van der Waals surface area contributed by atoms with Gasteiger partial charge >= 0.3 is 0 Å². The van der Waals surface area contributed by atoms with Crippen LogP contribution >= 0.6 is 0 Å². The molecule has 98 valence electrons. The first kappa shape index (κ1) is 11.0. The maximum atomic E-state index is 4.63. The standard InChI is InChI=1S/C15H18N4/c1-9-3-4-12(5-9)19-8-17-14-13-11(6-10(2)18-13)7-16-15(14)19/h6-9,12,18H,3-5H2,1-2H3. The van der Waals surface area contributed by atoms with Gasteiger partial charge in [-0.25, -0.2) is 9.97 Å². The molecule has 0 saturated heterocycles. The van der Waals surface area contributed by atoms with Gasteiger partial charge in [0.2, 0.25) is 0 Å². The molecule has 19 heavy (non-hydrogen) atoms. The first-order chi connectivity index (χ1) is 9.22. The molecule has 1 N–H and O–H groups in total. The molecule has 0 bridgehead atoms. The number of aromatic nitrogens is 4. The van der Waals surface area contributed by atoms with Gasteiger partial charge in [0, 0.05) is 23.3 Å². The van der Waals surface area contributed by atoms with E-state index in [1.54, 1.807) is 0 Å². The number of rotatable bonds is 1. The second kappa shape index (κ2) is 3.83. The smallest absolute Gasteiger partial charge is 0.162 e. The fourth-order valence-electron chi connectivity index (χ4n) is 3.40. The number of imidazole rings is 1. The zero-order valence-electron chi connectivity index (χ0n) is 11.3. The molecule has 1 aliphatic carbocycles. The van der Waals surface area contributed by atoms with Crippen molar-refractivity contribution in [3.05, 3.63) is 24.3 Å². The molecule has 0 radical (unpaired) electrons. The van der Waals surface area contributed by atoms with Crippen LogP contribution in [-0.4, -0.2) is 19.5 Å². The number of pyridine rings is 1. The fourth-order valence-corrected chi connectivity index (χ4v) is 3.40. The summed E-state index contributed by atoms with van der Waals surface area (Å²) in [7, 11) is 0. The number of H-pyrrole nitrogens is 1. The maximum Gasteiger partial charge on any atom is 0.162 e. The fraction of sp³-hybridized carbons (Fsp3) is 0.467. The van der Waals surface area contributed by atoms with Crippen molar-refractivity contribution in [2.24, 2.45) is 5.92 Å². The third-order valence-corrected chi connectivity index (χ3v) is 4.37. The number of aromatic amines is 1. The summed E-state index contributed by atoms with van der Waals surface area (Å²) in [5, 5.41) is 1.15. The van der Waals surface area contributed by atoms with Gasteiger partial charge in [0.15, 0.2) is 5.65 Å². The Morgan fingerprint density at radius 2 is 2.21 bits per heavy atom. The number of nitrogens with one attached hydrogen (secondary N) is 1. The quantitative estimate of drug-likeness (QED) is 0.721. The average Bonchev–Trinajstić information content (AvgIpc) is 3.04. The molecule has 3 aromatic heterocycles. The average molecular weight is 254 g/mol. The second-order valence-electron chi connectivity index (χ2n) is 5.94. The first-order valence-corrected chi connectivity index (χ1v) is 7.03. The predicted molar refractivity (Wildman–Crippen MR) is 76.2 cm³/mol. The van der Waals surface area contributed by atoms with E-state index in [1.165, 1.54) is 19.3 Å². The van der Waals surface area contributed by atoms with Crippen LogP contribution in [0, 0.1) is 12.8 Å². The molecule has 1 saturated carbocycles. The SMILES string of the molecule is Cc1cc2cnc3c(ncn3C3CCC(C)C3)c2[nH]1. The maximum absolute atomic E-state index is 4.63. The van der Waals surface area contributed by atoms with Crippen LogP contribution in [0.3, 0.4) is 0 Å². The summed E-state index contributed by atoms with van der Waals surface area (Å²) in [6.45, 7) is 4.40. The molecule has 0 amide bonds. The van der Waals surface area contributed by atoms with Gasteiger partial charge < -0.3 is 9.55 Å². The van der Waals surface area contributed by atoms with Crippen LogP contribution in [0.25, 0.3) is 22.1 Å². The summed E-state index contributed by atoms with van der Waals surface area (Å²) in [6, 6.07) is 2.69. The van der Waals surface area contributed by atoms with Crippen molar-refractivity contribution in [2.75, 3.05) is 0 Å². The van der Waals surface area contributed by atoms with Crippen LogP contribution < -0.4 is 0 Å². The normalized spacial score (nSPS) is 23.7. The van der Waals surface area contributed by atoms with Gasteiger partial charge in [-0.05, 0) is 38.2 Å². The first-order valence-electron chi connectivity index (χ1n) is 7.03. The van der Waals surface area contributed by atoms with E-state index in [2.05, 4.69) is 39.4 Å². The summed E-state index contributed by atoms with van der Waals surface area (Å²) in [5.74, 6) is 0.818. The highest BCUT2D eigenvalue weighted by atomic mass is 15.1. The third kappa shape index (κ3) is 1.59. The van der Waals surface area contributed by atoms with E-state index in [-0.39, 0.29) is 0 Å². The van der Waals surface area contributed by atoms with Crippen molar-refractivity contribution in [2.45, 2.75) is 39.2 Å². The third-order valence-electron chi connectivity index (χ3n) is 4.37. The van der Waals surface area contributed by atoms with Crippen molar-refractivity contribution < 1.29 is 0 Å². The summed E-state index contributed by atoms with van der Waals surface area (Å²) >= 11 is 0. The molecule has 4 heteroatoms. The molecule has 3 aromatic rings. The Bertz CT molecular complexity index is 752. The lowest BCUT2D eigenvalue weighted by molar-refractivity contribution is 0.502. The molecule has 3 heterocycles. The number of hydrogen-bond donors (Lipinski definition) is 1. The number of fused-ring (bicyclic) bond motifs is 3. The van der Waals surface area contributed by atoms with Crippen LogP contribution in [0.1, 0.15) is 37.9 Å². The minimum atomic E-state index is 0.570. The van der Waals surface area contributed by atoms with Gasteiger partial charge in [0.1, 0.15) is 5.52 Å². The number of hydrogen-bond acceptors (Lipinski definition) is 2. The van der Waals surface area contributed by atoms with E-state index in [4.69, 9.17) is 0 Å². The van der Waals surface area contributed by atoms with Crippen LogP contribution in [-0.2, 0) is 0 Å². The van der Waals surface area contributed by atoms with Gasteiger partial charge in [-0.1, -0.05) is 6.92 Å². The Morgan fingerprint density at radius 3 is 3.00 bits per heavy atom. The van der Waals surface area contributed by atoms with Crippen molar-refractivity contribution >= 4 is 22.1 Å². The predicted octanol–water partition coefficient (Wildman–Crippen LogP) is 3.58. The zero-order valence-corrected chi connectivity index (χ0v) is 11.3. The topological polar surface area (TPSA) is 46.5 Å². The molecule has 2 atom stereocenters. The lowest BCUT2D eigenvalue weighted by Gasteiger charge is -2.11. The van der Waals surface area contributed by atoms with Gasteiger partial charge in [0.05, 0.1) is 11.8 Å². The van der Waals surface area contributed by atoms with Crippen molar-refractivity contribution in [3.63, 3.8) is 0 Å². The molecule has 1 fully saturated rings. The van der Waals surface area contributed by atoms with Crippen LogP contribution in [0.4, 0.5) is 0 Å². The van der Waals surface area contributed by atoms with Gasteiger partial charge in [0.25, 0.3) is 0 Å². The molecule has 1 aliphatic rings. The molecule has 0 aromatic carbocycles. The minimum absolute atomic E-state index is 0.570. The van der Waals surface area contributed by atoms with E-state index in [0.717, 1.165) is 33.7 Å². The Hall–Kier alpha value is -1.84. The molecule has 2 unspecified atom stereocenters. The summed E-state index contributed by atoms with van der Waals surface area (Å²) in [4.78, 5) is 12.6. The lowest BCUT2D eigenvalue weighted by Crippen LogP contribution is -2.04.